The fourth-order valence-corrected chi connectivity index (χ4v) is 2.25. The van der Waals surface area contributed by atoms with E-state index in [0.717, 1.165) is 30.0 Å². The van der Waals surface area contributed by atoms with Gasteiger partial charge in [0.15, 0.2) is 5.65 Å². The minimum atomic E-state index is 0.678. The quantitative estimate of drug-likeness (QED) is 0.746. The number of nitrogens with two attached hydrogens (primary N) is 1. The zero-order valence-corrected chi connectivity index (χ0v) is 11.0. The fraction of sp³-hybridized carbons (Fsp3) is 0.143. The Morgan fingerprint density at radius 2 is 2.00 bits per heavy atom. The van der Waals surface area contributed by atoms with Gasteiger partial charge in [0, 0.05) is 18.3 Å². The van der Waals surface area contributed by atoms with Gasteiger partial charge in [0.25, 0.3) is 0 Å². The van der Waals surface area contributed by atoms with Crippen LogP contribution < -0.4 is 5.73 Å². The van der Waals surface area contributed by atoms with Crippen molar-refractivity contribution in [3.8, 4) is 0 Å². The molecular weight excluding hydrogens is 260 g/mol. The second-order valence-electron chi connectivity index (χ2n) is 4.44. The molecule has 0 unspecified atom stereocenters. The molecule has 4 nitrogen and oxygen atoms in total. The topological polar surface area (TPSA) is 56.2 Å². The molecule has 96 valence electrons. The molecule has 0 saturated carbocycles. The van der Waals surface area contributed by atoms with Crippen LogP contribution in [0.4, 0.5) is 5.69 Å². The zero-order chi connectivity index (χ0) is 13.2. The van der Waals surface area contributed by atoms with E-state index in [1.165, 1.54) is 5.56 Å². The average Bonchev–Trinajstić information content (AvgIpc) is 2.79. The normalized spacial score (nSPS) is 11.0. The smallest absolute Gasteiger partial charge is 0.160 e. The molecule has 1 aromatic carbocycles. The number of hydrogen-bond acceptors (Lipinski definition) is 3. The van der Waals surface area contributed by atoms with E-state index in [4.69, 9.17) is 17.3 Å². The number of rotatable bonds is 3. The molecule has 19 heavy (non-hydrogen) atoms. The van der Waals surface area contributed by atoms with Crippen LogP contribution in [0.25, 0.3) is 5.65 Å². The summed E-state index contributed by atoms with van der Waals surface area (Å²) in [5, 5.41) is 8.99. The first-order valence-electron chi connectivity index (χ1n) is 6.06. The molecule has 2 aromatic heterocycles. The number of fused-ring (bicyclic) bond motifs is 1. The summed E-state index contributed by atoms with van der Waals surface area (Å²) in [6.45, 7) is 0. The van der Waals surface area contributed by atoms with E-state index >= 15 is 0 Å². The molecule has 0 radical (unpaired) electrons. The molecule has 0 amide bonds. The van der Waals surface area contributed by atoms with Gasteiger partial charge >= 0.3 is 0 Å². The van der Waals surface area contributed by atoms with Crippen molar-refractivity contribution in [3.63, 3.8) is 0 Å². The Balaban J connectivity index is 1.84. The maximum atomic E-state index is 5.99. The van der Waals surface area contributed by atoms with Crippen molar-refractivity contribution in [3.05, 3.63) is 59.0 Å². The van der Waals surface area contributed by atoms with Crippen molar-refractivity contribution >= 4 is 22.9 Å². The van der Waals surface area contributed by atoms with Crippen LogP contribution in [0.15, 0.2) is 42.6 Å². The Labute approximate surface area is 115 Å². The lowest BCUT2D eigenvalue weighted by Crippen LogP contribution is -1.98. The van der Waals surface area contributed by atoms with Gasteiger partial charge < -0.3 is 5.73 Å². The Bertz CT molecular complexity index is 720. The number of pyridine rings is 1. The van der Waals surface area contributed by atoms with Gasteiger partial charge in [0.1, 0.15) is 5.82 Å². The fourth-order valence-electron chi connectivity index (χ4n) is 2.09. The summed E-state index contributed by atoms with van der Waals surface area (Å²) in [5.74, 6) is 0.903. The average molecular weight is 273 g/mol. The van der Waals surface area contributed by atoms with Crippen LogP contribution in [-0.4, -0.2) is 14.6 Å². The number of nitrogen functional groups attached to an aromatic ring is 1. The molecule has 2 N–H and O–H groups in total. The summed E-state index contributed by atoms with van der Waals surface area (Å²) in [6.07, 6.45) is 3.51. The Kier molecular flexibility index (Phi) is 3.09. The SMILES string of the molecule is Nc1cccc(CCc2nnc3ccc(Cl)cn23)c1. The van der Waals surface area contributed by atoms with E-state index in [1.807, 2.05) is 40.9 Å². The standard InChI is InChI=1S/C14H13ClN4/c15-11-5-7-14-18-17-13(19(14)9-11)6-4-10-2-1-3-12(16)8-10/h1-3,5,7-9H,4,6,16H2. The van der Waals surface area contributed by atoms with Crippen molar-refractivity contribution in [1.29, 1.82) is 0 Å². The largest absolute Gasteiger partial charge is 0.399 e. The Morgan fingerprint density at radius 3 is 2.84 bits per heavy atom. The molecule has 0 aliphatic heterocycles. The van der Waals surface area contributed by atoms with E-state index in [1.54, 1.807) is 0 Å². The van der Waals surface area contributed by atoms with Gasteiger partial charge in [-0.25, -0.2) is 0 Å². The van der Waals surface area contributed by atoms with Crippen LogP contribution in [0.5, 0.6) is 0 Å². The van der Waals surface area contributed by atoms with Crippen LogP contribution in [-0.2, 0) is 12.8 Å². The molecule has 2 heterocycles. The molecular formula is C14H13ClN4. The first-order chi connectivity index (χ1) is 9.22. The van der Waals surface area contributed by atoms with Crippen molar-refractivity contribution in [2.45, 2.75) is 12.8 Å². The summed E-state index contributed by atoms with van der Waals surface area (Å²) >= 11 is 5.99. The third kappa shape index (κ3) is 2.53. The molecule has 0 atom stereocenters. The first-order valence-corrected chi connectivity index (χ1v) is 6.44. The van der Waals surface area contributed by atoms with Crippen LogP contribution in [0.1, 0.15) is 11.4 Å². The maximum absolute atomic E-state index is 5.99. The third-order valence-electron chi connectivity index (χ3n) is 3.03. The van der Waals surface area contributed by atoms with E-state index in [2.05, 4.69) is 16.3 Å². The Hall–Kier alpha value is -2.07. The van der Waals surface area contributed by atoms with Crippen LogP contribution in [0.2, 0.25) is 5.02 Å². The van der Waals surface area contributed by atoms with Crippen molar-refractivity contribution in [1.82, 2.24) is 14.6 Å². The van der Waals surface area contributed by atoms with Gasteiger partial charge in [0.05, 0.1) is 5.02 Å². The number of aryl methyl sites for hydroxylation is 2. The molecule has 3 rings (SSSR count). The molecule has 0 fully saturated rings. The molecule has 0 saturated heterocycles. The predicted octanol–water partition coefficient (Wildman–Crippen LogP) is 2.75. The van der Waals surface area contributed by atoms with Gasteiger partial charge in [-0.1, -0.05) is 23.7 Å². The highest BCUT2D eigenvalue weighted by atomic mass is 35.5. The minimum absolute atomic E-state index is 0.678. The van der Waals surface area contributed by atoms with Crippen LogP contribution in [0.3, 0.4) is 0 Å². The van der Waals surface area contributed by atoms with Gasteiger partial charge in [-0.2, -0.15) is 0 Å². The molecule has 0 bridgehead atoms. The summed E-state index contributed by atoms with van der Waals surface area (Å²) < 4.78 is 1.93. The molecule has 0 aliphatic rings. The summed E-state index contributed by atoms with van der Waals surface area (Å²) in [6, 6.07) is 11.6. The van der Waals surface area contributed by atoms with Gasteiger partial charge in [0.2, 0.25) is 0 Å². The summed E-state index contributed by atoms with van der Waals surface area (Å²) in [7, 11) is 0. The molecule has 3 aromatic rings. The first kappa shape index (κ1) is 12.0. The van der Waals surface area contributed by atoms with Crippen molar-refractivity contribution in [2.75, 3.05) is 5.73 Å². The lowest BCUT2D eigenvalue weighted by molar-refractivity contribution is 0.839. The van der Waals surface area contributed by atoms with Crippen molar-refractivity contribution in [2.24, 2.45) is 0 Å². The second-order valence-corrected chi connectivity index (χ2v) is 4.87. The third-order valence-corrected chi connectivity index (χ3v) is 3.25. The van der Waals surface area contributed by atoms with Crippen LogP contribution >= 0.6 is 11.6 Å². The van der Waals surface area contributed by atoms with E-state index < -0.39 is 0 Å². The monoisotopic (exact) mass is 272 g/mol. The van der Waals surface area contributed by atoms with E-state index in [-0.39, 0.29) is 0 Å². The number of benzene rings is 1. The number of aromatic nitrogens is 3. The number of halogens is 1. The summed E-state index contributed by atoms with van der Waals surface area (Å²) in [4.78, 5) is 0. The van der Waals surface area contributed by atoms with Crippen LogP contribution in [0, 0.1) is 0 Å². The lowest BCUT2D eigenvalue weighted by atomic mass is 10.1. The zero-order valence-electron chi connectivity index (χ0n) is 10.3. The van der Waals surface area contributed by atoms with Crippen molar-refractivity contribution < 1.29 is 0 Å². The maximum Gasteiger partial charge on any atom is 0.160 e. The van der Waals surface area contributed by atoms with E-state index in [9.17, 15) is 0 Å². The van der Waals surface area contributed by atoms with Gasteiger partial charge in [-0.15, -0.1) is 10.2 Å². The molecule has 5 heteroatoms. The lowest BCUT2D eigenvalue weighted by Gasteiger charge is -2.02. The predicted molar refractivity (Wildman–Crippen MR) is 76.3 cm³/mol. The van der Waals surface area contributed by atoms with E-state index in [0.29, 0.717) is 5.02 Å². The Morgan fingerprint density at radius 1 is 1.11 bits per heavy atom. The summed E-state index contributed by atoms with van der Waals surface area (Å²) in [5.41, 5.74) is 8.56. The number of anilines is 1. The number of nitrogens with zero attached hydrogens (tertiary/aromatic N) is 3. The highest BCUT2D eigenvalue weighted by Gasteiger charge is 2.06. The molecule has 0 aliphatic carbocycles. The molecule has 0 spiro atoms. The second kappa shape index (κ2) is 4.90. The van der Waals surface area contributed by atoms with Gasteiger partial charge in [-0.3, -0.25) is 4.40 Å². The van der Waals surface area contributed by atoms with Gasteiger partial charge in [-0.05, 0) is 36.2 Å². The minimum Gasteiger partial charge on any atom is -0.399 e. The highest BCUT2D eigenvalue weighted by Crippen LogP contribution is 2.14. The highest BCUT2D eigenvalue weighted by molar-refractivity contribution is 6.30. The number of hydrogen-bond donors (Lipinski definition) is 1.